The van der Waals surface area contributed by atoms with Gasteiger partial charge in [0.25, 0.3) is 0 Å². The van der Waals surface area contributed by atoms with Crippen LogP contribution in [0.25, 0.3) is 0 Å². The molecule has 0 bridgehead atoms. The van der Waals surface area contributed by atoms with Crippen LogP contribution in [-0.4, -0.2) is 37.4 Å². The summed E-state index contributed by atoms with van der Waals surface area (Å²) in [7, 11) is 0. The minimum Gasteiger partial charge on any atom is -0.463 e. The summed E-state index contributed by atoms with van der Waals surface area (Å²) in [5.41, 5.74) is -0.519. The molecule has 0 saturated heterocycles. The molecule has 0 radical (unpaired) electrons. The fourth-order valence-electron chi connectivity index (χ4n) is 1.34. The summed E-state index contributed by atoms with van der Waals surface area (Å²) in [6.07, 6.45) is 1.72. The molecule has 0 rings (SSSR count). The minimum absolute atomic E-state index is 0.195. The highest BCUT2D eigenvalue weighted by atomic mass is 16.6. The Morgan fingerprint density at radius 2 is 1.67 bits per heavy atom. The van der Waals surface area contributed by atoms with Crippen LogP contribution >= 0.6 is 0 Å². The summed E-state index contributed by atoms with van der Waals surface area (Å²) in [4.78, 5) is 23.0. The number of rotatable bonds is 9. The molecule has 0 aliphatic heterocycles. The van der Waals surface area contributed by atoms with Crippen LogP contribution in [0.5, 0.6) is 0 Å². The monoisotopic (exact) mass is 302 g/mol. The molecular formula is C16H30O5. The molecule has 124 valence electrons. The van der Waals surface area contributed by atoms with E-state index in [2.05, 4.69) is 0 Å². The van der Waals surface area contributed by atoms with Gasteiger partial charge in [0.1, 0.15) is 12.7 Å². The molecule has 2 unspecified atom stereocenters. The topological polar surface area (TPSA) is 61.8 Å². The second-order valence-electron chi connectivity index (χ2n) is 6.40. The van der Waals surface area contributed by atoms with E-state index >= 15 is 0 Å². The van der Waals surface area contributed by atoms with Gasteiger partial charge < -0.3 is 14.2 Å². The lowest BCUT2D eigenvalue weighted by atomic mass is 9.97. The van der Waals surface area contributed by atoms with Crippen molar-refractivity contribution in [3.63, 3.8) is 0 Å². The maximum atomic E-state index is 11.7. The highest BCUT2D eigenvalue weighted by Crippen LogP contribution is 2.16. The molecule has 0 spiro atoms. The largest absolute Gasteiger partial charge is 0.463 e. The fourth-order valence-corrected chi connectivity index (χ4v) is 1.34. The summed E-state index contributed by atoms with van der Waals surface area (Å²) in [5, 5.41) is 0. The second kappa shape index (κ2) is 9.77. The Labute approximate surface area is 128 Å². The Bertz CT molecular complexity index is 319. The number of carbonyl (C=O) groups is 2. The van der Waals surface area contributed by atoms with Gasteiger partial charge in [-0.05, 0) is 41.0 Å². The molecule has 0 aromatic heterocycles. The lowest BCUT2D eigenvalue weighted by molar-refractivity contribution is -0.162. The molecule has 0 N–H and O–H groups in total. The number of unbranched alkanes of at least 4 members (excludes halogenated alkanes) is 1. The standard InChI is InChI=1S/C16H30O5/c1-7-8-9-14(17)20-10-12(2)19-11-13(3)21-15(18)16(4,5)6/h12-13H,7-11H2,1-6H3. The number of ether oxygens (including phenoxy) is 3. The van der Waals surface area contributed by atoms with E-state index in [0.717, 1.165) is 12.8 Å². The molecule has 0 saturated carbocycles. The van der Waals surface area contributed by atoms with Crippen molar-refractivity contribution < 1.29 is 23.8 Å². The Morgan fingerprint density at radius 1 is 1.05 bits per heavy atom. The summed E-state index contributed by atoms with van der Waals surface area (Å²) in [6.45, 7) is 11.6. The third kappa shape index (κ3) is 10.3. The van der Waals surface area contributed by atoms with Crippen molar-refractivity contribution in [2.24, 2.45) is 5.41 Å². The Kier molecular flexibility index (Phi) is 9.26. The maximum absolute atomic E-state index is 11.7. The molecule has 2 atom stereocenters. The zero-order valence-electron chi connectivity index (χ0n) is 14.2. The maximum Gasteiger partial charge on any atom is 0.311 e. The average molecular weight is 302 g/mol. The molecule has 0 amide bonds. The van der Waals surface area contributed by atoms with Crippen LogP contribution in [0.2, 0.25) is 0 Å². The van der Waals surface area contributed by atoms with E-state index in [-0.39, 0.29) is 37.4 Å². The predicted molar refractivity (Wildman–Crippen MR) is 80.9 cm³/mol. The van der Waals surface area contributed by atoms with Crippen LogP contribution < -0.4 is 0 Å². The SMILES string of the molecule is CCCCC(=O)OCC(C)OCC(C)OC(=O)C(C)(C)C. The van der Waals surface area contributed by atoms with Gasteiger partial charge in [-0.3, -0.25) is 9.59 Å². The van der Waals surface area contributed by atoms with Gasteiger partial charge in [0.15, 0.2) is 0 Å². The van der Waals surface area contributed by atoms with Crippen molar-refractivity contribution in [2.75, 3.05) is 13.2 Å². The molecule has 0 aliphatic carbocycles. The highest BCUT2D eigenvalue weighted by molar-refractivity contribution is 5.75. The van der Waals surface area contributed by atoms with Gasteiger partial charge in [0.2, 0.25) is 0 Å². The minimum atomic E-state index is -0.519. The highest BCUT2D eigenvalue weighted by Gasteiger charge is 2.25. The van der Waals surface area contributed by atoms with E-state index in [9.17, 15) is 9.59 Å². The van der Waals surface area contributed by atoms with Gasteiger partial charge in [0, 0.05) is 6.42 Å². The third-order valence-electron chi connectivity index (χ3n) is 2.75. The van der Waals surface area contributed by atoms with Gasteiger partial charge in [-0.1, -0.05) is 13.3 Å². The summed E-state index contributed by atoms with van der Waals surface area (Å²) in [6, 6.07) is 0. The van der Waals surface area contributed by atoms with Gasteiger partial charge in [0.05, 0.1) is 18.1 Å². The summed E-state index contributed by atoms with van der Waals surface area (Å²) < 4.78 is 15.9. The van der Waals surface area contributed by atoms with E-state index < -0.39 is 5.41 Å². The van der Waals surface area contributed by atoms with Crippen LogP contribution in [0.3, 0.4) is 0 Å². The zero-order valence-corrected chi connectivity index (χ0v) is 14.2. The Hall–Kier alpha value is -1.10. The van der Waals surface area contributed by atoms with Crippen molar-refractivity contribution in [1.29, 1.82) is 0 Å². The first kappa shape index (κ1) is 19.9. The molecule has 0 heterocycles. The van der Waals surface area contributed by atoms with Crippen molar-refractivity contribution in [3.05, 3.63) is 0 Å². The van der Waals surface area contributed by atoms with E-state index in [1.165, 1.54) is 0 Å². The fraction of sp³-hybridized carbons (Fsp3) is 0.875. The quantitative estimate of drug-likeness (QED) is 0.612. The zero-order chi connectivity index (χ0) is 16.5. The van der Waals surface area contributed by atoms with E-state index in [1.54, 1.807) is 27.7 Å². The van der Waals surface area contributed by atoms with Crippen LogP contribution in [0.1, 0.15) is 60.8 Å². The van der Waals surface area contributed by atoms with E-state index in [4.69, 9.17) is 14.2 Å². The molecule has 0 aromatic rings. The first-order valence-electron chi connectivity index (χ1n) is 7.65. The van der Waals surface area contributed by atoms with Crippen molar-refractivity contribution in [1.82, 2.24) is 0 Å². The third-order valence-corrected chi connectivity index (χ3v) is 2.75. The Balaban J connectivity index is 3.84. The van der Waals surface area contributed by atoms with Crippen molar-refractivity contribution in [2.45, 2.75) is 73.0 Å². The van der Waals surface area contributed by atoms with Crippen molar-refractivity contribution >= 4 is 11.9 Å². The number of carbonyl (C=O) groups excluding carboxylic acids is 2. The van der Waals surface area contributed by atoms with Gasteiger partial charge in [-0.15, -0.1) is 0 Å². The molecule has 0 aliphatic rings. The first-order chi connectivity index (χ1) is 9.66. The summed E-state index contributed by atoms with van der Waals surface area (Å²) >= 11 is 0. The summed E-state index contributed by atoms with van der Waals surface area (Å²) in [5.74, 6) is -0.447. The molecular weight excluding hydrogens is 272 g/mol. The molecule has 21 heavy (non-hydrogen) atoms. The number of esters is 2. The number of hydrogen-bond acceptors (Lipinski definition) is 5. The smallest absolute Gasteiger partial charge is 0.311 e. The van der Waals surface area contributed by atoms with Crippen LogP contribution in [0.15, 0.2) is 0 Å². The van der Waals surface area contributed by atoms with Crippen molar-refractivity contribution in [3.8, 4) is 0 Å². The Morgan fingerprint density at radius 3 is 2.19 bits per heavy atom. The lowest BCUT2D eigenvalue weighted by Gasteiger charge is -2.22. The molecule has 5 nitrogen and oxygen atoms in total. The van der Waals surface area contributed by atoms with E-state index in [0.29, 0.717) is 6.42 Å². The molecule has 0 aromatic carbocycles. The van der Waals surface area contributed by atoms with Gasteiger partial charge >= 0.3 is 11.9 Å². The second-order valence-corrected chi connectivity index (χ2v) is 6.40. The first-order valence-corrected chi connectivity index (χ1v) is 7.65. The van der Waals surface area contributed by atoms with Crippen LogP contribution in [0.4, 0.5) is 0 Å². The van der Waals surface area contributed by atoms with E-state index in [1.807, 2.05) is 13.8 Å². The lowest BCUT2D eigenvalue weighted by Crippen LogP contribution is -2.31. The van der Waals surface area contributed by atoms with Crippen LogP contribution in [0, 0.1) is 5.41 Å². The van der Waals surface area contributed by atoms with Gasteiger partial charge in [-0.2, -0.15) is 0 Å². The predicted octanol–water partition coefficient (Wildman–Crippen LogP) is 3.10. The number of hydrogen-bond donors (Lipinski definition) is 0. The average Bonchev–Trinajstić information content (AvgIpc) is 2.39. The van der Waals surface area contributed by atoms with Crippen LogP contribution in [-0.2, 0) is 23.8 Å². The molecule has 5 heteroatoms. The normalized spacial score (nSPS) is 14.4. The van der Waals surface area contributed by atoms with Gasteiger partial charge in [-0.25, -0.2) is 0 Å². The molecule has 0 fully saturated rings.